The highest BCUT2D eigenvalue weighted by Gasteiger charge is 2.27. The van der Waals surface area contributed by atoms with Crippen LogP contribution >= 0.6 is 23.2 Å². The van der Waals surface area contributed by atoms with Crippen LogP contribution in [0, 0.1) is 0 Å². The van der Waals surface area contributed by atoms with E-state index in [2.05, 4.69) is 0 Å². The molecule has 0 aliphatic heterocycles. The average Bonchev–Trinajstić information content (AvgIpc) is 2.10. The molecule has 16 radical (unpaired) electrons. The molecule has 18 heavy (non-hydrogen) atoms. The van der Waals surface area contributed by atoms with Gasteiger partial charge in [0.2, 0.25) is 0 Å². The summed E-state index contributed by atoms with van der Waals surface area (Å²) in [5.41, 5.74) is -0.187. The molecule has 0 amide bonds. The fourth-order valence-electron chi connectivity index (χ4n) is 1.57. The van der Waals surface area contributed by atoms with E-state index in [1.54, 1.807) is 0 Å². The highest BCUT2D eigenvalue weighted by Crippen LogP contribution is 2.28. The summed E-state index contributed by atoms with van der Waals surface area (Å²) in [7, 11) is 44.7. The fourth-order valence-corrected chi connectivity index (χ4v) is 2.29. The molecule has 0 unspecified atom stereocenters. The predicted molar refractivity (Wildman–Crippen MR) is 85.1 cm³/mol. The van der Waals surface area contributed by atoms with Gasteiger partial charge in [-0.15, -0.1) is 10.2 Å². The van der Waals surface area contributed by atoms with Gasteiger partial charge in [-0.05, 0) is 0 Å². The van der Waals surface area contributed by atoms with Gasteiger partial charge < -0.3 is 0 Å². The lowest BCUT2D eigenvalue weighted by Crippen LogP contribution is -2.42. The minimum Gasteiger partial charge on any atom is -0.105 e. The molecular weight excluding hydrogens is 253 g/mol. The Bertz CT molecular complexity index is 413. The molecule has 1 aromatic rings. The van der Waals surface area contributed by atoms with Gasteiger partial charge >= 0.3 is 0 Å². The van der Waals surface area contributed by atoms with Gasteiger partial charge in [-0.1, -0.05) is 45.3 Å². The van der Waals surface area contributed by atoms with Crippen LogP contribution in [0.25, 0.3) is 0 Å². The predicted octanol–water partition coefficient (Wildman–Crippen LogP) is -2.19. The summed E-state index contributed by atoms with van der Waals surface area (Å²) in [6.45, 7) is 0. The number of halogens is 2. The Hall–Kier alpha value is 0.319. The second-order valence-corrected chi connectivity index (χ2v) is 4.83. The topological polar surface area (TPSA) is 0 Å². The summed E-state index contributed by atoms with van der Waals surface area (Å²) in [5, 5.41) is -3.83. The lowest BCUT2D eigenvalue weighted by atomic mass is 9.36. The van der Waals surface area contributed by atoms with Crippen LogP contribution in [0.2, 0.25) is 10.0 Å². The molecule has 0 atom stereocenters. The second kappa shape index (κ2) is 5.02. The van der Waals surface area contributed by atoms with Gasteiger partial charge in [0.25, 0.3) is 0 Å². The number of benzene rings is 1. The number of rotatable bonds is 2. The Kier molecular flexibility index (Phi) is 4.56. The van der Waals surface area contributed by atoms with Gasteiger partial charge in [0.1, 0.15) is 15.7 Å². The highest BCUT2D eigenvalue weighted by molar-refractivity contribution is 6.65. The first-order valence-corrected chi connectivity index (χ1v) is 5.44. The van der Waals surface area contributed by atoms with E-state index in [9.17, 15) is 0 Å². The molecule has 0 aliphatic rings. The van der Waals surface area contributed by atoms with Gasteiger partial charge in [-0.25, -0.2) is 0 Å². The van der Waals surface area contributed by atoms with Gasteiger partial charge in [-0.2, -0.15) is 0 Å². The van der Waals surface area contributed by atoms with Crippen LogP contribution in [-0.4, -0.2) is 62.8 Å². The molecule has 1 rings (SSSR count). The standard InChI is InChI=1S/C8B8Cl2/c9-3-1(7(11,12)13)5(17)4(10)2(6(3)18)8(14,15)16. The molecule has 0 bridgehead atoms. The van der Waals surface area contributed by atoms with Gasteiger partial charge in [-0.3, -0.25) is 0 Å². The van der Waals surface area contributed by atoms with Crippen molar-refractivity contribution in [3.05, 3.63) is 21.2 Å². The molecule has 0 spiro atoms. The second-order valence-electron chi connectivity index (χ2n) is 4.07. The zero-order valence-electron chi connectivity index (χ0n) is 9.37. The maximum atomic E-state index is 6.00. The molecule has 10 heteroatoms. The Morgan fingerprint density at radius 3 is 1.00 bits per heavy atom. The van der Waals surface area contributed by atoms with Gasteiger partial charge in [0, 0.05) is 10.0 Å². The fraction of sp³-hybridized carbons (Fsp3) is 0.250. The van der Waals surface area contributed by atoms with Crippen molar-refractivity contribution in [3.8, 4) is 0 Å². The van der Waals surface area contributed by atoms with Crippen LogP contribution in [0.5, 0.6) is 0 Å². The Morgan fingerprint density at radius 2 is 0.833 bits per heavy atom. The van der Waals surface area contributed by atoms with E-state index in [1.807, 2.05) is 0 Å². The van der Waals surface area contributed by atoms with Crippen molar-refractivity contribution in [3.63, 3.8) is 0 Å². The quantitative estimate of drug-likeness (QED) is 0.526. The van der Waals surface area contributed by atoms with Crippen molar-refractivity contribution in [2.24, 2.45) is 0 Å². The Morgan fingerprint density at radius 1 is 0.611 bits per heavy atom. The van der Waals surface area contributed by atoms with E-state index in [0.29, 0.717) is 0 Å². The number of hydrogen-bond donors (Lipinski definition) is 0. The molecule has 1 aromatic carbocycles. The first-order valence-electron chi connectivity index (χ1n) is 4.69. The number of hydrogen-bond acceptors (Lipinski definition) is 0. The normalized spacial score (nSPS) is 12.6. The monoisotopic (exact) mass is 254 g/mol. The summed E-state index contributed by atoms with van der Waals surface area (Å²) in [6.07, 6.45) is 0. The smallest absolute Gasteiger partial charge is 0.105 e. The van der Waals surface area contributed by atoms with Crippen LogP contribution in [-0.2, 0) is 10.2 Å². The molecule has 0 fully saturated rings. The van der Waals surface area contributed by atoms with E-state index in [-0.39, 0.29) is 32.1 Å². The van der Waals surface area contributed by atoms with E-state index in [0.717, 1.165) is 0 Å². The molecule has 0 aliphatic carbocycles. The van der Waals surface area contributed by atoms with Crippen molar-refractivity contribution >= 4 is 96.9 Å². The van der Waals surface area contributed by atoms with Gasteiger partial charge in [0.05, 0.1) is 47.1 Å². The maximum absolute atomic E-state index is 6.00. The molecule has 0 saturated carbocycles. The third-order valence-corrected chi connectivity index (χ3v) is 3.10. The van der Waals surface area contributed by atoms with Crippen LogP contribution in [0.15, 0.2) is 0 Å². The van der Waals surface area contributed by atoms with Crippen molar-refractivity contribution in [1.29, 1.82) is 0 Å². The summed E-state index contributed by atoms with van der Waals surface area (Å²) >= 11 is 12.0. The summed E-state index contributed by atoms with van der Waals surface area (Å²) in [4.78, 5) is 0. The summed E-state index contributed by atoms with van der Waals surface area (Å²) in [6, 6.07) is 0. The van der Waals surface area contributed by atoms with Crippen molar-refractivity contribution < 1.29 is 0 Å². The molecule has 0 N–H and O–H groups in total. The molecule has 0 aromatic heterocycles. The van der Waals surface area contributed by atoms with Crippen molar-refractivity contribution in [1.82, 2.24) is 0 Å². The lowest BCUT2D eigenvalue weighted by molar-refractivity contribution is 1.22. The first kappa shape index (κ1) is 16.4. The molecule has 0 heterocycles. The maximum Gasteiger partial charge on any atom is 0.116 e. The van der Waals surface area contributed by atoms with Crippen LogP contribution in [0.4, 0.5) is 0 Å². The largest absolute Gasteiger partial charge is 0.116 e. The molecule has 70 valence electrons. The molecule has 0 nitrogen and oxygen atoms in total. The van der Waals surface area contributed by atoms with E-state index in [1.165, 1.54) is 0 Å². The SMILES string of the molecule is [B]c1c(Cl)c(C([B])([B])[B])c([B])c(Cl)c1C([B])([B])[B]. The lowest BCUT2D eigenvalue weighted by Gasteiger charge is -2.33. The summed E-state index contributed by atoms with van der Waals surface area (Å²) in [5.74, 6) is 0. The average molecular weight is 253 g/mol. The Balaban J connectivity index is 3.79. The molecule has 0 saturated heterocycles. The van der Waals surface area contributed by atoms with E-state index >= 15 is 0 Å². The van der Waals surface area contributed by atoms with Crippen LogP contribution in [0.3, 0.4) is 0 Å². The zero-order chi connectivity index (χ0) is 14.5. The minimum absolute atomic E-state index is 0.0142. The highest BCUT2D eigenvalue weighted by atomic mass is 35.5. The Labute approximate surface area is 128 Å². The first-order chi connectivity index (χ1) is 7.89. The third-order valence-electron chi connectivity index (χ3n) is 2.32. The van der Waals surface area contributed by atoms with Crippen LogP contribution in [0.1, 0.15) is 11.1 Å². The summed E-state index contributed by atoms with van der Waals surface area (Å²) < 4.78 is 0. The van der Waals surface area contributed by atoms with E-state index in [4.69, 9.17) is 86.0 Å². The minimum atomic E-state index is -1.82. The van der Waals surface area contributed by atoms with Crippen molar-refractivity contribution in [2.45, 2.75) is 10.2 Å². The molecular formula is C8B8Cl2. The van der Waals surface area contributed by atoms with Crippen molar-refractivity contribution in [2.75, 3.05) is 0 Å². The third kappa shape index (κ3) is 2.90. The van der Waals surface area contributed by atoms with E-state index < -0.39 is 10.2 Å². The van der Waals surface area contributed by atoms with Crippen LogP contribution < -0.4 is 10.9 Å². The van der Waals surface area contributed by atoms with Gasteiger partial charge in [0.15, 0.2) is 0 Å². The zero-order valence-corrected chi connectivity index (χ0v) is 10.9.